The average Bonchev–Trinajstić information content (AvgIpc) is 1.66. The Hall–Kier alpha value is -1.06. The zero-order valence-corrected chi connectivity index (χ0v) is 5.07. The van der Waals surface area contributed by atoms with Crippen LogP contribution < -0.4 is 5.73 Å². The molecule has 0 radical (unpaired) electrons. The van der Waals surface area contributed by atoms with Gasteiger partial charge in [-0.1, -0.05) is 0 Å². The van der Waals surface area contributed by atoms with Gasteiger partial charge in [0.1, 0.15) is 12.7 Å². The summed E-state index contributed by atoms with van der Waals surface area (Å²) in [5.74, 6) is 0. The van der Waals surface area contributed by atoms with Crippen LogP contribution in [0.4, 0.5) is 0 Å². The molecular weight excluding hydrogens is 104 g/mol. The van der Waals surface area contributed by atoms with Crippen molar-refractivity contribution in [3.05, 3.63) is 0 Å². The summed E-state index contributed by atoms with van der Waals surface area (Å²) in [6.45, 7) is 0. The largest absolute Gasteiger partial charge is 0.388 e. The van der Waals surface area contributed by atoms with Gasteiger partial charge in [0.05, 0.1) is 0 Å². The third kappa shape index (κ3) is 4.94. The van der Waals surface area contributed by atoms with Crippen LogP contribution in [0.5, 0.6) is 0 Å². The molecule has 0 saturated carbocycles. The van der Waals surface area contributed by atoms with Gasteiger partial charge in [0.25, 0.3) is 0 Å². The Bertz CT molecular complexity index is 94.2. The number of nitrogens with zero attached hydrogens (tertiary/aromatic N) is 3. The lowest BCUT2D eigenvalue weighted by Gasteiger charge is -1.98. The van der Waals surface area contributed by atoms with Gasteiger partial charge in [0.2, 0.25) is 0 Å². The quantitative estimate of drug-likeness (QED) is 0.298. The topological polar surface area (TPSA) is 54.0 Å². The molecule has 0 unspecified atom stereocenters. The second kappa shape index (κ2) is 4.11. The normalized spacial score (nSPS) is 11.2. The Morgan fingerprint density at radius 2 is 2.00 bits per heavy atom. The second-order valence-corrected chi connectivity index (χ2v) is 1.46. The van der Waals surface area contributed by atoms with Crippen LogP contribution in [-0.2, 0) is 0 Å². The lowest BCUT2D eigenvalue weighted by atomic mass is 11.0. The first-order chi connectivity index (χ1) is 3.77. The van der Waals surface area contributed by atoms with Crippen LogP contribution in [0.25, 0.3) is 0 Å². The summed E-state index contributed by atoms with van der Waals surface area (Å²) in [6, 6.07) is 0. The van der Waals surface area contributed by atoms with Crippen molar-refractivity contribution < 1.29 is 0 Å². The fourth-order valence-electron chi connectivity index (χ4n) is 0.172. The standard InChI is InChI=1S/C4H10N4/c1-8(2)4-7-6-3-5/h3-4H,1-2H3,(H2,5,6)/b7-4+. The van der Waals surface area contributed by atoms with Crippen molar-refractivity contribution in [3.63, 3.8) is 0 Å². The predicted octanol–water partition coefficient (Wildman–Crippen LogP) is -0.522. The van der Waals surface area contributed by atoms with Crippen molar-refractivity contribution in [3.8, 4) is 0 Å². The van der Waals surface area contributed by atoms with Gasteiger partial charge in [-0.25, -0.2) is 0 Å². The monoisotopic (exact) mass is 114 g/mol. The van der Waals surface area contributed by atoms with Gasteiger partial charge in [0.15, 0.2) is 0 Å². The summed E-state index contributed by atoms with van der Waals surface area (Å²) in [6.07, 6.45) is 2.70. The molecule has 0 amide bonds. The molecule has 0 aliphatic heterocycles. The molecule has 0 bridgehead atoms. The smallest absolute Gasteiger partial charge is 0.113 e. The molecule has 0 heterocycles. The Morgan fingerprint density at radius 1 is 1.38 bits per heavy atom. The first-order valence-corrected chi connectivity index (χ1v) is 2.20. The van der Waals surface area contributed by atoms with E-state index < -0.39 is 0 Å². The number of nitrogens with two attached hydrogens (primary N) is 1. The van der Waals surface area contributed by atoms with Crippen molar-refractivity contribution >= 4 is 12.7 Å². The molecule has 4 heteroatoms. The van der Waals surface area contributed by atoms with Crippen molar-refractivity contribution in [2.24, 2.45) is 15.9 Å². The molecule has 0 aliphatic rings. The van der Waals surface area contributed by atoms with E-state index in [9.17, 15) is 0 Å². The van der Waals surface area contributed by atoms with E-state index in [0.29, 0.717) is 0 Å². The third-order valence-electron chi connectivity index (χ3n) is 0.416. The summed E-state index contributed by atoms with van der Waals surface area (Å²) in [4.78, 5) is 1.77. The highest BCUT2D eigenvalue weighted by Gasteiger charge is 1.70. The minimum absolute atomic E-state index is 1.14. The first-order valence-electron chi connectivity index (χ1n) is 2.20. The van der Waals surface area contributed by atoms with Crippen LogP contribution in [0.1, 0.15) is 0 Å². The number of hydrogen-bond donors (Lipinski definition) is 1. The fourth-order valence-corrected chi connectivity index (χ4v) is 0.172. The van der Waals surface area contributed by atoms with Crippen molar-refractivity contribution in [1.82, 2.24) is 4.90 Å². The van der Waals surface area contributed by atoms with E-state index >= 15 is 0 Å². The van der Waals surface area contributed by atoms with E-state index in [1.165, 1.54) is 0 Å². The summed E-state index contributed by atoms with van der Waals surface area (Å²) < 4.78 is 0. The fraction of sp³-hybridized carbons (Fsp3) is 0.500. The molecule has 0 aromatic carbocycles. The Morgan fingerprint density at radius 3 is 2.38 bits per heavy atom. The number of hydrogen-bond acceptors (Lipinski definition) is 2. The Labute approximate surface area is 48.7 Å². The SMILES string of the molecule is CN(C)/C=N/N=C/N. The maximum Gasteiger partial charge on any atom is 0.113 e. The minimum atomic E-state index is 1.14. The van der Waals surface area contributed by atoms with Crippen LogP contribution in [0, 0.1) is 0 Å². The van der Waals surface area contributed by atoms with Crippen LogP contribution >= 0.6 is 0 Å². The molecule has 2 N–H and O–H groups in total. The van der Waals surface area contributed by atoms with E-state index in [1.54, 1.807) is 11.2 Å². The molecule has 0 spiro atoms. The van der Waals surface area contributed by atoms with Gasteiger partial charge >= 0.3 is 0 Å². The van der Waals surface area contributed by atoms with E-state index in [4.69, 9.17) is 5.73 Å². The zero-order valence-electron chi connectivity index (χ0n) is 5.07. The summed E-state index contributed by atoms with van der Waals surface area (Å²) >= 11 is 0. The molecule has 46 valence electrons. The molecule has 0 saturated heterocycles. The number of rotatable bonds is 2. The van der Waals surface area contributed by atoms with E-state index in [0.717, 1.165) is 6.34 Å². The third-order valence-corrected chi connectivity index (χ3v) is 0.416. The molecule has 0 rings (SSSR count). The van der Waals surface area contributed by atoms with Crippen LogP contribution in [0.2, 0.25) is 0 Å². The molecule has 0 fully saturated rings. The van der Waals surface area contributed by atoms with Gasteiger partial charge in [-0.15, -0.1) is 10.2 Å². The van der Waals surface area contributed by atoms with E-state index in [1.807, 2.05) is 14.1 Å². The first kappa shape index (κ1) is 6.94. The highest BCUT2D eigenvalue weighted by Crippen LogP contribution is 1.66. The summed E-state index contributed by atoms with van der Waals surface area (Å²) in [5, 5.41) is 6.93. The molecular formula is C4H10N4. The molecule has 8 heavy (non-hydrogen) atoms. The van der Waals surface area contributed by atoms with Gasteiger partial charge in [-0.2, -0.15) is 0 Å². The predicted molar refractivity (Wildman–Crippen MR) is 34.9 cm³/mol. The van der Waals surface area contributed by atoms with Crippen LogP contribution in [0.3, 0.4) is 0 Å². The molecule has 0 aromatic heterocycles. The molecule has 0 aromatic rings. The summed E-state index contributed by atoms with van der Waals surface area (Å²) in [5.41, 5.74) is 4.89. The van der Waals surface area contributed by atoms with Gasteiger partial charge in [-0.3, -0.25) is 0 Å². The lowest BCUT2D eigenvalue weighted by molar-refractivity contribution is 0.640. The molecule has 0 aliphatic carbocycles. The molecule has 4 nitrogen and oxygen atoms in total. The maximum atomic E-state index is 4.89. The van der Waals surface area contributed by atoms with E-state index in [-0.39, 0.29) is 0 Å². The Balaban J connectivity index is 3.34. The van der Waals surface area contributed by atoms with Crippen molar-refractivity contribution in [1.29, 1.82) is 0 Å². The maximum absolute atomic E-state index is 4.89. The van der Waals surface area contributed by atoms with Gasteiger partial charge in [-0.05, 0) is 0 Å². The lowest BCUT2D eigenvalue weighted by Crippen LogP contribution is -2.07. The highest BCUT2D eigenvalue weighted by atomic mass is 15.3. The second-order valence-electron chi connectivity index (χ2n) is 1.46. The molecule has 0 atom stereocenters. The zero-order chi connectivity index (χ0) is 6.41. The summed E-state index contributed by atoms with van der Waals surface area (Å²) in [7, 11) is 3.71. The van der Waals surface area contributed by atoms with Crippen molar-refractivity contribution in [2.45, 2.75) is 0 Å². The average molecular weight is 114 g/mol. The van der Waals surface area contributed by atoms with E-state index in [2.05, 4.69) is 10.2 Å². The highest BCUT2D eigenvalue weighted by molar-refractivity contribution is 5.56. The van der Waals surface area contributed by atoms with Crippen molar-refractivity contribution in [2.75, 3.05) is 14.1 Å². The van der Waals surface area contributed by atoms with Crippen LogP contribution in [0.15, 0.2) is 10.2 Å². The van der Waals surface area contributed by atoms with Gasteiger partial charge in [0, 0.05) is 14.1 Å². The van der Waals surface area contributed by atoms with Crippen LogP contribution in [-0.4, -0.2) is 31.7 Å². The Kier molecular flexibility index (Phi) is 3.56. The minimum Gasteiger partial charge on any atom is -0.388 e. The van der Waals surface area contributed by atoms with Gasteiger partial charge < -0.3 is 10.6 Å².